The summed E-state index contributed by atoms with van der Waals surface area (Å²) < 4.78 is 11.7. The minimum Gasteiger partial charge on any atom is -0.498 e. The molecule has 1 aromatic rings. The van der Waals surface area contributed by atoms with Gasteiger partial charge in [-0.05, 0) is 40.6 Å². The predicted molar refractivity (Wildman–Crippen MR) is 65.0 cm³/mol. The summed E-state index contributed by atoms with van der Waals surface area (Å²) in [5.41, 5.74) is 0. The van der Waals surface area contributed by atoms with Gasteiger partial charge in [-0.3, -0.25) is 0 Å². The fourth-order valence-electron chi connectivity index (χ4n) is 1.14. The predicted octanol–water partition coefficient (Wildman–Crippen LogP) is 3.77. The molecule has 0 atom stereocenters. The zero-order chi connectivity index (χ0) is 11.1. The molecule has 1 aromatic carbocycles. The van der Waals surface area contributed by atoms with Crippen LogP contribution >= 0.6 is 15.9 Å². The highest BCUT2D eigenvalue weighted by Crippen LogP contribution is 2.24. The Hall–Kier alpha value is -0.960. The van der Waals surface area contributed by atoms with E-state index in [0.717, 1.165) is 22.4 Å². The second kappa shape index (κ2) is 6.51. The summed E-state index contributed by atoms with van der Waals surface area (Å²) in [7, 11) is 1.66. The summed E-state index contributed by atoms with van der Waals surface area (Å²) in [5.74, 6) is 1.69. The number of para-hydroxylation sites is 1. The van der Waals surface area contributed by atoms with Gasteiger partial charge in [-0.15, -0.1) is 0 Å². The lowest BCUT2D eigenvalue weighted by Crippen LogP contribution is -2.03. The summed E-state index contributed by atoms with van der Waals surface area (Å²) in [6, 6.07) is 7.76. The van der Waals surface area contributed by atoms with Crippen LogP contribution in [-0.4, -0.2) is 13.7 Å². The smallest absolute Gasteiger partial charge is 0.145 e. The highest BCUT2D eigenvalue weighted by Gasteiger charge is 2.01. The Balaban J connectivity index is 2.57. The Labute approximate surface area is 99.0 Å². The minimum absolute atomic E-state index is 0.465. The minimum atomic E-state index is 0.465. The molecule has 0 unspecified atom stereocenters. The highest BCUT2D eigenvalue weighted by molar-refractivity contribution is 9.10. The lowest BCUT2D eigenvalue weighted by Gasteiger charge is -2.09. The fourth-order valence-corrected chi connectivity index (χ4v) is 1.54. The summed E-state index contributed by atoms with van der Waals surface area (Å²) in [6.07, 6.45) is 2.96. The molecule has 0 bridgehead atoms. The standard InChI is InChI=1S/C12H15BrO2/c1-3-6-10(14-2)9-15-12-8-5-4-7-11(12)13/h4-8H,3,9H2,1-2H3/b10-6+. The van der Waals surface area contributed by atoms with Gasteiger partial charge in [-0.2, -0.15) is 0 Å². The van der Waals surface area contributed by atoms with Crippen LogP contribution < -0.4 is 4.74 Å². The average Bonchev–Trinajstić information content (AvgIpc) is 2.26. The van der Waals surface area contributed by atoms with Gasteiger partial charge in [0.25, 0.3) is 0 Å². The van der Waals surface area contributed by atoms with Crippen LogP contribution in [0.15, 0.2) is 40.6 Å². The van der Waals surface area contributed by atoms with E-state index in [9.17, 15) is 0 Å². The molecule has 0 amide bonds. The Morgan fingerprint density at radius 3 is 2.73 bits per heavy atom. The van der Waals surface area contributed by atoms with Gasteiger partial charge < -0.3 is 9.47 Å². The molecule has 2 nitrogen and oxygen atoms in total. The van der Waals surface area contributed by atoms with Crippen LogP contribution in [0.5, 0.6) is 5.75 Å². The van der Waals surface area contributed by atoms with E-state index in [4.69, 9.17) is 9.47 Å². The lowest BCUT2D eigenvalue weighted by molar-refractivity contribution is 0.217. The molecule has 0 saturated heterocycles. The number of benzene rings is 1. The van der Waals surface area contributed by atoms with E-state index in [1.807, 2.05) is 30.3 Å². The van der Waals surface area contributed by atoms with E-state index < -0.39 is 0 Å². The monoisotopic (exact) mass is 270 g/mol. The van der Waals surface area contributed by atoms with Crippen LogP contribution in [0.25, 0.3) is 0 Å². The maximum Gasteiger partial charge on any atom is 0.145 e. The number of ether oxygens (including phenoxy) is 2. The fraction of sp³-hybridized carbons (Fsp3) is 0.333. The van der Waals surface area contributed by atoms with Gasteiger partial charge >= 0.3 is 0 Å². The van der Waals surface area contributed by atoms with Crippen molar-refractivity contribution in [3.63, 3.8) is 0 Å². The molecule has 3 heteroatoms. The number of hydrogen-bond acceptors (Lipinski definition) is 2. The van der Waals surface area contributed by atoms with E-state index in [-0.39, 0.29) is 0 Å². The van der Waals surface area contributed by atoms with Crippen LogP contribution in [0.3, 0.4) is 0 Å². The van der Waals surface area contributed by atoms with E-state index in [2.05, 4.69) is 22.9 Å². The number of halogens is 1. The van der Waals surface area contributed by atoms with Gasteiger partial charge in [-0.1, -0.05) is 19.1 Å². The summed E-state index contributed by atoms with van der Waals surface area (Å²) >= 11 is 3.42. The molecule has 0 saturated carbocycles. The first kappa shape index (κ1) is 12.1. The van der Waals surface area contributed by atoms with Crippen molar-refractivity contribution in [2.75, 3.05) is 13.7 Å². The molecule has 0 aromatic heterocycles. The van der Waals surface area contributed by atoms with E-state index in [1.165, 1.54) is 0 Å². The lowest BCUT2D eigenvalue weighted by atomic mass is 10.3. The van der Waals surface area contributed by atoms with Gasteiger partial charge in [0.15, 0.2) is 0 Å². The second-order valence-electron chi connectivity index (χ2n) is 3.00. The van der Waals surface area contributed by atoms with Gasteiger partial charge in [-0.25, -0.2) is 0 Å². The van der Waals surface area contributed by atoms with Crippen LogP contribution in [0.4, 0.5) is 0 Å². The first-order valence-electron chi connectivity index (χ1n) is 4.88. The topological polar surface area (TPSA) is 18.5 Å². The van der Waals surface area contributed by atoms with Gasteiger partial charge in [0.2, 0.25) is 0 Å². The van der Waals surface area contributed by atoms with Crippen molar-refractivity contribution in [3.05, 3.63) is 40.6 Å². The maximum atomic E-state index is 5.60. The van der Waals surface area contributed by atoms with Gasteiger partial charge in [0.1, 0.15) is 18.1 Å². The van der Waals surface area contributed by atoms with Crippen molar-refractivity contribution < 1.29 is 9.47 Å². The summed E-state index contributed by atoms with van der Waals surface area (Å²) in [5, 5.41) is 0. The number of hydrogen-bond donors (Lipinski definition) is 0. The molecule has 1 rings (SSSR count). The third kappa shape index (κ3) is 3.96. The third-order valence-electron chi connectivity index (χ3n) is 1.90. The highest BCUT2D eigenvalue weighted by atomic mass is 79.9. The van der Waals surface area contributed by atoms with Crippen LogP contribution in [0, 0.1) is 0 Å². The number of methoxy groups -OCH3 is 1. The van der Waals surface area contributed by atoms with E-state index in [0.29, 0.717) is 6.61 Å². The maximum absolute atomic E-state index is 5.60. The second-order valence-corrected chi connectivity index (χ2v) is 3.86. The third-order valence-corrected chi connectivity index (χ3v) is 2.56. The van der Waals surface area contributed by atoms with Crippen molar-refractivity contribution in [1.29, 1.82) is 0 Å². The van der Waals surface area contributed by atoms with Crippen LogP contribution in [-0.2, 0) is 4.74 Å². The molecule has 0 aliphatic heterocycles. The van der Waals surface area contributed by atoms with E-state index >= 15 is 0 Å². The number of rotatable bonds is 5. The molecular formula is C12H15BrO2. The molecule has 0 radical (unpaired) electrons. The zero-order valence-corrected chi connectivity index (χ0v) is 10.6. The SMILES string of the molecule is CC/C=C(\COc1ccccc1Br)OC. The molecule has 0 spiro atoms. The molecule has 0 aliphatic rings. The molecule has 0 N–H and O–H groups in total. The molecule has 0 aliphatic carbocycles. The van der Waals surface area contributed by atoms with Crippen molar-refractivity contribution in [2.45, 2.75) is 13.3 Å². The first-order valence-corrected chi connectivity index (χ1v) is 5.67. The van der Waals surface area contributed by atoms with Crippen molar-refractivity contribution in [3.8, 4) is 5.75 Å². The average molecular weight is 271 g/mol. The first-order chi connectivity index (χ1) is 7.27. The molecule has 82 valence electrons. The quantitative estimate of drug-likeness (QED) is 0.759. The van der Waals surface area contributed by atoms with Crippen LogP contribution in [0.1, 0.15) is 13.3 Å². The van der Waals surface area contributed by atoms with E-state index in [1.54, 1.807) is 7.11 Å². The van der Waals surface area contributed by atoms with Gasteiger partial charge in [0.05, 0.1) is 11.6 Å². The molecule has 0 fully saturated rings. The Kier molecular flexibility index (Phi) is 5.26. The largest absolute Gasteiger partial charge is 0.498 e. The van der Waals surface area contributed by atoms with Crippen molar-refractivity contribution in [2.24, 2.45) is 0 Å². The molecule has 0 heterocycles. The van der Waals surface area contributed by atoms with Crippen molar-refractivity contribution >= 4 is 15.9 Å². The summed E-state index contributed by atoms with van der Waals surface area (Å²) in [6.45, 7) is 2.53. The molecule has 15 heavy (non-hydrogen) atoms. The number of allylic oxidation sites excluding steroid dienone is 1. The van der Waals surface area contributed by atoms with Crippen LogP contribution in [0.2, 0.25) is 0 Å². The Bertz CT molecular complexity index is 334. The van der Waals surface area contributed by atoms with Gasteiger partial charge in [0, 0.05) is 0 Å². The molecular weight excluding hydrogens is 256 g/mol. The Morgan fingerprint density at radius 2 is 2.13 bits per heavy atom. The zero-order valence-electron chi connectivity index (χ0n) is 9.00. The Morgan fingerprint density at radius 1 is 1.40 bits per heavy atom. The normalized spacial score (nSPS) is 11.3. The summed E-state index contributed by atoms with van der Waals surface area (Å²) in [4.78, 5) is 0. The van der Waals surface area contributed by atoms with Crippen molar-refractivity contribution in [1.82, 2.24) is 0 Å².